The molecule has 0 saturated heterocycles. The Morgan fingerprint density at radius 3 is 2.72 bits per heavy atom. The summed E-state index contributed by atoms with van der Waals surface area (Å²) < 4.78 is 4.02. The normalized spacial score (nSPS) is 10.9. The Bertz CT molecular complexity index is 639. The van der Waals surface area contributed by atoms with Crippen LogP contribution in [0.2, 0.25) is 0 Å². The minimum absolute atomic E-state index is 0.756. The van der Waals surface area contributed by atoms with Crippen LogP contribution in [0.3, 0.4) is 0 Å². The van der Waals surface area contributed by atoms with Gasteiger partial charge in [-0.05, 0) is 18.6 Å². The van der Waals surface area contributed by atoms with Crippen molar-refractivity contribution in [2.45, 2.75) is 20.0 Å². The molecule has 2 aromatic heterocycles. The predicted octanol–water partition coefficient (Wildman–Crippen LogP) is 2.00. The number of hydrogen-bond donors (Lipinski definition) is 1. The summed E-state index contributed by atoms with van der Waals surface area (Å²) in [4.78, 5) is 0. The van der Waals surface area contributed by atoms with E-state index in [9.17, 15) is 0 Å². The third-order valence-electron chi connectivity index (χ3n) is 3.08. The molecule has 0 saturated carbocycles. The number of aryl methyl sites for hydroxylation is 1. The number of fused-ring (bicyclic) bond motifs is 1. The molecule has 1 aromatic carbocycles. The summed E-state index contributed by atoms with van der Waals surface area (Å²) in [5, 5.41) is 8.82. The van der Waals surface area contributed by atoms with Crippen LogP contribution < -0.4 is 5.43 Å². The van der Waals surface area contributed by atoms with E-state index in [2.05, 4.69) is 57.6 Å². The van der Waals surface area contributed by atoms with Crippen molar-refractivity contribution in [3.63, 3.8) is 0 Å². The summed E-state index contributed by atoms with van der Waals surface area (Å²) in [6.45, 7) is 3.89. The average Bonchev–Trinajstić information content (AvgIpc) is 3.04. The first-order valence-electron chi connectivity index (χ1n) is 6.03. The van der Waals surface area contributed by atoms with Gasteiger partial charge < -0.3 is 9.99 Å². The van der Waals surface area contributed by atoms with Crippen molar-refractivity contribution in [3.05, 3.63) is 48.7 Å². The van der Waals surface area contributed by atoms with Gasteiger partial charge >= 0.3 is 0 Å². The second kappa shape index (κ2) is 4.52. The van der Waals surface area contributed by atoms with Crippen LogP contribution in [0.15, 0.2) is 43.1 Å². The van der Waals surface area contributed by atoms with Gasteiger partial charge in [-0.25, -0.2) is 4.68 Å². The van der Waals surface area contributed by atoms with E-state index in [0.29, 0.717) is 0 Å². The molecule has 3 rings (SSSR count). The molecular weight excluding hydrogens is 226 g/mol. The summed E-state index contributed by atoms with van der Waals surface area (Å²) in [5.41, 5.74) is 5.81. The number of benzene rings is 1. The minimum atomic E-state index is 0.756. The zero-order chi connectivity index (χ0) is 12.4. The number of rotatable bonds is 4. The molecular formula is C13H15N5. The molecule has 0 aliphatic heterocycles. The quantitative estimate of drug-likeness (QED) is 0.760. The van der Waals surface area contributed by atoms with Gasteiger partial charge in [0.1, 0.15) is 12.7 Å². The lowest BCUT2D eigenvalue weighted by Crippen LogP contribution is -2.11. The van der Waals surface area contributed by atoms with E-state index >= 15 is 0 Å². The van der Waals surface area contributed by atoms with E-state index in [4.69, 9.17) is 0 Å². The van der Waals surface area contributed by atoms with Crippen LogP contribution >= 0.6 is 0 Å². The maximum atomic E-state index is 3.76. The highest BCUT2D eigenvalue weighted by atomic mass is 15.5. The van der Waals surface area contributed by atoms with Crippen LogP contribution in [0.1, 0.15) is 12.5 Å². The molecule has 3 aromatic rings. The minimum Gasteiger partial charge on any atom is -0.347 e. The largest absolute Gasteiger partial charge is 0.347 e. The van der Waals surface area contributed by atoms with Crippen LogP contribution in [-0.4, -0.2) is 19.4 Å². The van der Waals surface area contributed by atoms with Gasteiger partial charge in [-0.3, -0.25) is 0 Å². The monoisotopic (exact) mass is 241 g/mol. The molecule has 0 aliphatic carbocycles. The fourth-order valence-electron chi connectivity index (χ4n) is 2.18. The van der Waals surface area contributed by atoms with Crippen molar-refractivity contribution in [3.8, 4) is 0 Å². The van der Waals surface area contributed by atoms with Crippen molar-refractivity contribution < 1.29 is 0 Å². The van der Waals surface area contributed by atoms with Gasteiger partial charge in [0, 0.05) is 23.6 Å². The zero-order valence-corrected chi connectivity index (χ0v) is 10.2. The maximum absolute atomic E-state index is 3.76. The molecule has 0 unspecified atom stereocenters. The Balaban J connectivity index is 1.91. The van der Waals surface area contributed by atoms with Crippen LogP contribution in [0.25, 0.3) is 10.9 Å². The van der Waals surface area contributed by atoms with E-state index in [1.54, 1.807) is 17.3 Å². The molecule has 0 bridgehead atoms. The molecule has 0 aliphatic rings. The number of aromatic nitrogens is 4. The third kappa shape index (κ3) is 1.84. The van der Waals surface area contributed by atoms with E-state index in [0.717, 1.165) is 13.1 Å². The van der Waals surface area contributed by atoms with Gasteiger partial charge in [-0.1, -0.05) is 18.2 Å². The van der Waals surface area contributed by atoms with Crippen LogP contribution in [-0.2, 0) is 13.1 Å². The van der Waals surface area contributed by atoms with Crippen molar-refractivity contribution in [2.24, 2.45) is 0 Å². The fraction of sp³-hybridized carbons (Fsp3) is 0.231. The van der Waals surface area contributed by atoms with E-state index in [1.807, 2.05) is 0 Å². The SMILES string of the molecule is CCn1cc(CNn2cnnc2)c2ccccc21. The van der Waals surface area contributed by atoms with Crippen LogP contribution in [0, 0.1) is 0 Å². The van der Waals surface area contributed by atoms with Crippen molar-refractivity contribution in [1.82, 2.24) is 19.4 Å². The second-order valence-corrected chi connectivity index (χ2v) is 4.16. The molecule has 2 heterocycles. The Kier molecular flexibility index (Phi) is 2.72. The highest BCUT2D eigenvalue weighted by Crippen LogP contribution is 2.21. The van der Waals surface area contributed by atoms with Crippen molar-refractivity contribution >= 4 is 10.9 Å². The number of hydrogen-bond acceptors (Lipinski definition) is 3. The summed E-state index contributed by atoms with van der Waals surface area (Å²) in [5.74, 6) is 0. The Morgan fingerprint density at radius 2 is 1.94 bits per heavy atom. The maximum Gasteiger partial charge on any atom is 0.138 e. The average molecular weight is 241 g/mol. The lowest BCUT2D eigenvalue weighted by atomic mass is 10.2. The van der Waals surface area contributed by atoms with Crippen LogP contribution in [0.5, 0.6) is 0 Å². The van der Waals surface area contributed by atoms with Gasteiger partial charge in [-0.15, -0.1) is 10.2 Å². The van der Waals surface area contributed by atoms with Gasteiger partial charge in [0.05, 0.1) is 6.54 Å². The predicted molar refractivity (Wildman–Crippen MR) is 70.7 cm³/mol. The molecule has 92 valence electrons. The highest BCUT2D eigenvalue weighted by molar-refractivity contribution is 5.84. The van der Waals surface area contributed by atoms with Gasteiger partial charge in [0.2, 0.25) is 0 Å². The summed E-state index contributed by atoms with van der Waals surface area (Å²) in [6, 6.07) is 8.46. The second-order valence-electron chi connectivity index (χ2n) is 4.16. The molecule has 0 amide bonds. The number of nitrogens with one attached hydrogen (secondary N) is 1. The van der Waals surface area contributed by atoms with Crippen molar-refractivity contribution in [1.29, 1.82) is 0 Å². The van der Waals surface area contributed by atoms with E-state index in [1.165, 1.54) is 16.5 Å². The summed E-state index contributed by atoms with van der Waals surface area (Å²) >= 11 is 0. The van der Waals surface area contributed by atoms with Gasteiger partial charge in [0.15, 0.2) is 0 Å². The highest BCUT2D eigenvalue weighted by Gasteiger charge is 2.06. The summed E-state index contributed by atoms with van der Waals surface area (Å²) in [7, 11) is 0. The molecule has 18 heavy (non-hydrogen) atoms. The number of para-hydroxylation sites is 1. The molecule has 1 N–H and O–H groups in total. The lowest BCUT2D eigenvalue weighted by molar-refractivity contribution is 0.785. The van der Waals surface area contributed by atoms with E-state index < -0.39 is 0 Å². The lowest BCUT2D eigenvalue weighted by Gasteiger charge is -2.04. The molecule has 0 atom stereocenters. The Morgan fingerprint density at radius 1 is 1.17 bits per heavy atom. The molecule has 0 radical (unpaired) electrons. The van der Waals surface area contributed by atoms with Crippen molar-refractivity contribution in [2.75, 3.05) is 5.43 Å². The zero-order valence-electron chi connectivity index (χ0n) is 10.2. The molecule has 0 fully saturated rings. The van der Waals surface area contributed by atoms with Gasteiger partial charge in [-0.2, -0.15) is 0 Å². The first-order valence-corrected chi connectivity index (χ1v) is 6.03. The summed E-state index contributed by atoms with van der Waals surface area (Å²) in [6.07, 6.45) is 5.50. The Hall–Kier alpha value is -2.30. The standard InChI is InChI=1S/C13H15N5/c1-2-17-8-11(7-16-18-9-14-15-10-18)12-5-3-4-6-13(12)17/h3-6,8-10,16H,2,7H2,1H3. The fourth-order valence-corrected chi connectivity index (χ4v) is 2.18. The first kappa shape index (κ1) is 10.8. The van der Waals surface area contributed by atoms with Crippen LogP contribution in [0.4, 0.5) is 0 Å². The molecule has 5 heteroatoms. The van der Waals surface area contributed by atoms with E-state index in [-0.39, 0.29) is 0 Å². The van der Waals surface area contributed by atoms with Gasteiger partial charge in [0.25, 0.3) is 0 Å². The first-order chi connectivity index (χ1) is 8.88. The topological polar surface area (TPSA) is 47.7 Å². The third-order valence-corrected chi connectivity index (χ3v) is 3.08. The smallest absolute Gasteiger partial charge is 0.138 e. The Labute approximate surface area is 105 Å². The molecule has 0 spiro atoms. The molecule has 5 nitrogen and oxygen atoms in total. The number of nitrogens with zero attached hydrogens (tertiary/aromatic N) is 4.